The van der Waals surface area contributed by atoms with Gasteiger partial charge in [-0.3, -0.25) is 9.36 Å². The van der Waals surface area contributed by atoms with Crippen molar-refractivity contribution in [3.63, 3.8) is 0 Å². The molecule has 4 atom stereocenters. The maximum Gasteiger partial charge on any atom is 0.351 e. The highest BCUT2D eigenvalue weighted by Gasteiger charge is 2.35. The summed E-state index contributed by atoms with van der Waals surface area (Å²) < 4.78 is 6.58. The molecule has 1 saturated heterocycles. The van der Waals surface area contributed by atoms with Crippen molar-refractivity contribution in [3.8, 4) is 0 Å². The number of Topliss-reactive ketones (excluding diaryl/α,β-unsaturated/α-hetero) is 1. The number of nitrogen functional groups attached to an aromatic ring is 1. The smallest absolute Gasteiger partial charge is 0.351 e. The molecule has 1 aliphatic heterocycles. The van der Waals surface area contributed by atoms with Crippen molar-refractivity contribution in [3.05, 3.63) is 22.2 Å². The summed E-state index contributed by atoms with van der Waals surface area (Å²) in [5.74, 6) is -0.135. The van der Waals surface area contributed by atoms with Crippen LogP contribution in [-0.4, -0.2) is 56.2 Å². The molecule has 1 aromatic rings. The molecule has 1 aliphatic rings. The molecule has 0 radical (unpaired) electrons. The van der Waals surface area contributed by atoms with E-state index in [4.69, 9.17) is 21.3 Å². The number of aromatic nitrogens is 2. The fourth-order valence-corrected chi connectivity index (χ4v) is 2.54. The number of anilines is 1. The van der Waals surface area contributed by atoms with E-state index in [-0.39, 0.29) is 36.8 Å². The van der Waals surface area contributed by atoms with Gasteiger partial charge in [-0.1, -0.05) is 0 Å². The zero-order valence-corrected chi connectivity index (χ0v) is 13.2. The number of nitrogens with zero attached hydrogens (tertiary/aromatic N) is 2. The van der Waals surface area contributed by atoms with Gasteiger partial charge in [0, 0.05) is 30.4 Å². The maximum absolute atomic E-state index is 12.0. The summed E-state index contributed by atoms with van der Waals surface area (Å²) in [7, 11) is 0. The van der Waals surface area contributed by atoms with Crippen molar-refractivity contribution in [2.75, 3.05) is 18.1 Å². The van der Waals surface area contributed by atoms with Crippen molar-refractivity contribution < 1.29 is 19.7 Å². The third-order valence-electron chi connectivity index (χ3n) is 3.73. The topological polar surface area (TPSA) is 154 Å². The van der Waals surface area contributed by atoms with Gasteiger partial charge in [-0.25, -0.2) is 4.79 Å². The Labute approximate surface area is 137 Å². The van der Waals surface area contributed by atoms with Gasteiger partial charge in [0.1, 0.15) is 18.1 Å². The molecule has 2 heterocycles. The van der Waals surface area contributed by atoms with Gasteiger partial charge in [0.25, 0.3) is 0 Å². The summed E-state index contributed by atoms with van der Waals surface area (Å²) >= 11 is 3.97. The molecule has 128 valence electrons. The Morgan fingerprint density at radius 2 is 2.30 bits per heavy atom. The normalized spacial score (nSPS) is 25.5. The number of nitrogens with two attached hydrogens (primary N) is 2. The van der Waals surface area contributed by atoms with Crippen LogP contribution in [0.15, 0.2) is 11.0 Å². The van der Waals surface area contributed by atoms with Crippen LogP contribution in [0.2, 0.25) is 0 Å². The Balaban J connectivity index is 2.27. The van der Waals surface area contributed by atoms with Crippen LogP contribution in [0.25, 0.3) is 0 Å². The number of hydrogen-bond donors (Lipinski definition) is 5. The fraction of sp³-hybridized carbons (Fsp3) is 0.615. The highest BCUT2D eigenvalue weighted by atomic mass is 32.1. The molecular formula is C13H20N4O5S. The van der Waals surface area contributed by atoms with Crippen LogP contribution in [0.5, 0.6) is 0 Å². The number of ether oxygens (including phenoxy) is 1. The average molecular weight is 344 g/mol. The largest absolute Gasteiger partial charge is 0.394 e. The lowest BCUT2D eigenvalue weighted by Gasteiger charge is -2.16. The molecule has 23 heavy (non-hydrogen) atoms. The highest BCUT2D eigenvalue weighted by molar-refractivity contribution is 7.80. The summed E-state index contributed by atoms with van der Waals surface area (Å²) in [6, 6.07) is -0.735. The quantitative estimate of drug-likeness (QED) is 0.366. The van der Waals surface area contributed by atoms with Gasteiger partial charge in [-0.15, -0.1) is 0 Å². The molecule has 0 bridgehead atoms. The minimum Gasteiger partial charge on any atom is -0.394 e. The Hall–Kier alpha value is -1.46. The van der Waals surface area contributed by atoms with Crippen molar-refractivity contribution in [1.29, 1.82) is 0 Å². The Morgan fingerprint density at radius 3 is 2.87 bits per heavy atom. The van der Waals surface area contributed by atoms with Gasteiger partial charge in [0.15, 0.2) is 5.78 Å². The maximum atomic E-state index is 12.0. The number of carbonyl (C=O) groups is 1. The first-order valence-electron chi connectivity index (χ1n) is 7.08. The van der Waals surface area contributed by atoms with E-state index in [1.165, 1.54) is 6.20 Å². The first-order valence-corrected chi connectivity index (χ1v) is 7.71. The second-order valence-electron chi connectivity index (χ2n) is 5.39. The number of rotatable bonds is 6. The molecule has 2 rings (SSSR count). The van der Waals surface area contributed by atoms with Crippen LogP contribution in [-0.2, 0) is 16.0 Å². The van der Waals surface area contributed by atoms with E-state index in [9.17, 15) is 14.7 Å². The molecule has 0 amide bonds. The third-order valence-corrected chi connectivity index (χ3v) is 4.12. The van der Waals surface area contributed by atoms with E-state index in [0.717, 1.165) is 4.57 Å². The third kappa shape index (κ3) is 3.90. The molecule has 0 spiro atoms. The molecule has 0 unspecified atom stereocenters. The second-order valence-corrected chi connectivity index (χ2v) is 5.75. The van der Waals surface area contributed by atoms with Crippen LogP contribution in [0.4, 0.5) is 5.82 Å². The van der Waals surface area contributed by atoms with E-state index in [0.29, 0.717) is 5.56 Å². The van der Waals surface area contributed by atoms with Gasteiger partial charge < -0.3 is 26.4 Å². The van der Waals surface area contributed by atoms with Crippen molar-refractivity contribution in [2.24, 2.45) is 5.73 Å². The van der Waals surface area contributed by atoms with Crippen molar-refractivity contribution in [2.45, 2.75) is 37.3 Å². The number of carbonyl (C=O) groups excluding carboxylic acids is 1. The first kappa shape index (κ1) is 17.9. The van der Waals surface area contributed by atoms with E-state index in [1.807, 2.05) is 0 Å². The molecule has 10 heteroatoms. The lowest BCUT2D eigenvalue weighted by molar-refractivity contribution is -0.119. The molecule has 9 nitrogen and oxygen atoms in total. The second kappa shape index (κ2) is 7.41. The fourth-order valence-electron chi connectivity index (χ4n) is 2.34. The number of ketones is 1. The van der Waals surface area contributed by atoms with E-state index < -0.39 is 30.2 Å². The molecule has 1 fully saturated rings. The lowest BCUT2D eigenvalue weighted by atomic mass is 10.1. The van der Waals surface area contributed by atoms with Crippen LogP contribution in [0, 0.1) is 0 Å². The molecule has 0 saturated carbocycles. The first-order chi connectivity index (χ1) is 10.9. The lowest BCUT2D eigenvalue weighted by Crippen LogP contribution is -2.35. The van der Waals surface area contributed by atoms with Crippen LogP contribution in [0.1, 0.15) is 18.2 Å². The van der Waals surface area contributed by atoms with Crippen LogP contribution < -0.4 is 17.2 Å². The zero-order valence-electron chi connectivity index (χ0n) is 12.3. The summed E-state index contributed by atoms with van der Waals surface area (Å²) in [6.07, 6.45) is -1.02. The van der Waals surface area contributed by atoms with Gasteiger partial charge in [-0.05, 0) is 0 Å². The van der Waals surface area contributed by atoms with Crippen molar-refractivity contribution >= 4 is 24.2 Å². The minimum absolute atomic E-state index is 0.0526. The molecule has 0 aromatic carbocycles. The summed E-state index contributed by atoms with van der Waals surface area (Å²) in [5, 5.41) is 18.9. The standard InChI is InChI=1S/C13H20N4O5S/c14-7(5-23)8(19)1-6-3-17(13(21)16-12(6)15)11-2-9(20)10(4-18)22-11/h3,7,9-11,18,20,23H,1-2,4-5,14H2,(H2,15,16,21)/t7-,9+,10-,11-/m1/s1. The van der Waals surface area contributed by atoms with Crippen molar-refractivity contribution in [1.82, 2.24) is 9.55 Å². The highest BCUT2D eigenvalue weighted by Crippen LogP contribution is 2.27. The number of thiol groups is 1. The van der Waals surface area contributed by atoms with Gasteiger partial charge in [0.2, 0.25) is 0 Å². The summed E-state index contributed by atoms with van der Waals surface area (Å²) in [4.78, 5) is 27.6. The predicted molar refractivity (Wildman–Crippen MR) is 85.1 cm³/mol. The Kier molecular flexibility index (Phi) is 5.76. The van der Waals surface area contributed by atoms with Crippen LogP contribution >= 0.6 is 12.6 Å². The molecule has 6 N–H and O–H groups in total. The average Bonchev–Trinajstić information content (AvgIpc) is 2.89. The Morgan fingerprint density at radius 1 is 1.61 bits per heavy atom. The molecule has 0 aliphatic carbocycles. The zero-order chi connectivity index (χ0) is 17.1. The van der Waals surface area contributed by atoms with Gasteiger partial charge >= 0.3 is 5.69 Å². The monoisotopic (exact) mass is 344 g/mol. The number of aliphatic hydroxyl groups is 2. The number of aliphatic hydroxyl groups excluding tert-OH is 2. The van der Waals surface area contributed by atoms with E-state index in [1.54, 1.807) is 0 Å². The van der Waals surface area contributed by atoms with Crippen LogP contribution in [0.3, 0.4) is 0 Å². The van der Waals surface area contributed by atoms with Gasteiger partial charge in [0.05, 0.1) is 18.8 Å². The summed E-state index contributed by atoms with van der Waals surface area (Å²) in [6.45, 7) is -0.364. The summed E-state index contributed by atoms with van der Waals surface area (Å²) in [5.41, 5.74) is 11.0. The van der Waals surface area contributed by atoms with E-state index in [2.05, 4.69) is 17.6 Å². The van der Waals surface area contributed by atoms with Gasteiger partial charge in [-0.2, -0.15) is 17.6 Å². The molecule has 1 aromatic heterocycles. The predicted octanol–water partition coefficient (Wildman–Crippen LogP) is -2.17. The Bertz CT molecular complexity index is 637. The van der Waals surface area contributed by atoms with E-state index >= 15 is 0 Å². The minimum atomic E-state index is -0.892. The number of hydrogen-bond acceptors (Lipinski definition) is 9. The molecular weight excluding hydrogens is 324 g/mol. The SMILES string of the molecule is Nc1nc(=O)n([C@H]2C[C@H](O)[C@@H](CO)O2)cc1CC(=O)[C@H](N)CS.